The van der Waals surface area contributed by atoms with Crippen molar-refractivity contribution in [1.29, 1.82) is 0 Å². The Labute approximate surface area is 97.3 Å². The maximum absolute atomic E-state index is 11.6. The fraction of sp³-hybridized carbons (Fsp3) is 0.500. The highest BCUT2D eigenvalue weighted by molar-refractivity contribution is 7.09. The first kappa shape index (κ1) is 11.1. The van der Waals surface area contributed by atoms with Crippen LogP contribution in [0.2, 0.25) is 0 Å². The number of carbonyl (C=O) groups is 2. The van der Waals surface area contributed by atoms with E-state index in [-0.39, 0.29) is 17.7 Å². The summed E-state index contributed by atoms with van der Waals surface area (Å²) in [5, 5.41) is 8.27. The monoisotopic (exact) mass is 239 g/mol. The molecule has 2 heterocycles. The molecule has 0 aromatic carbocycles. The van der Waals surface area contributed by atoms with Crippen LogP contribution in [0.1, 0.15) is 17.1 Å². The molecule has 1 saturated heterocycles. The maximum atomic E-state index is 11.6. The third-order valence-electron chi connectivity index (χ3n) is 2.43. The van der Waals surface area contributed by atoms with Gasteiger partial charge in [0.25, 0.3) is 0 Å². The van der Waals surface area contributed by atoms with Crippen molar-refractivity contribution in [2.75, 3.05) is 6.54 Å². The van der Waals surface area contributed by atoms with Crippen LogP contribution >= 0.6 is 11.3 Å². The molecule has 0 bridgehead atoms. The highest BCUT2D eigenvalue weighted by Crippen LogP contribution is 2.11. The molecule has 1 aromatic rings. The van der Waals surface area contributed by atoms with Gasteiger partial charge in [0.15, 0.2) is 0 Å². The molecule has 1 aliphatic heterocycles. The first-order valence-electron chi connectivity index (χ1n) is 5.10. The molecule has 86 valence electrons. The molecule has 0 saturated carbocycles. The molecule has 6 heteroatoms. The lowest BCUT2D eigenvalue weighted by Crippen LogP contribution is -2.31. The summed E-state index contributed by atoms with van der Waals surface area (Å²) in [5.74, 6) is -0.356. The largest absolute Gasteiger partial charge is 0.355 e. The van der Waals surface area contributed by atoms with Crippen molar-refractivity contribution < 1.29 is 9.59 Å². The number of nitrogens with one attached hydrogen (secondary N) is 2. The first-order chi connectivity index (χ1) is 7.65. The van der Waals surface area contributed by atoms with Crippen molar-refractivity contribution in [2.45, 2.75) is 19.9 Å². The van der Waals surface area contributed by atoms with Crippen molar-refractivity contribution >= 4 is 23.2 Å². The molecule has 1 unspecified atom stereocenters. The molecule has 2 amide bonds. The first-order valence-corrected chi connectivity index (χ1v) is 5.98. The molecule has 0 radical (unpaired) electrons. The fourth-order valence-electron chi connectivity index (χ4n) is 1.58. The van der Waals surface area contributed by atoms with Gasteiger partial charge in [-0.05, 0) is 6.92 Å². The average Bonchev–Trinajstić information content (AvgIpc) is 2.84. The van der Waals surface area contributed by atoms with Crippen molar-refractivity contribution in [3.8, 4) is 0 Å². The van der Waals surface area contributed by atoms with Crippen LogP contribution in [0.5, 0.6) is 0 Å². The number of carbonyl (C=O) groups excluding carboxylic acids is 2. The van der Waals surface area contributed by atoms with Crippen molar-refractivity contribution in [2.24, 2.45) is 5.92 Å². The lowest BCUT2D eigenvalue weighted by molar-refractivity contribution is -0.126. The second kappa shape index (κ2) is 4.61. The summed E-state index contributed by atoms with van der Waals surface area (Å²) < 4.78 is 0. The van der Waals surface area contributed by atoms with Crippen LogP contribution in [0.15, 0.2) is 5.38 Å². The van der Waals surface area contributed by atoms with Crippen LogP contribution in [0.3, 0.4) is 0 Å². The molecular formula is C10H13N3O2S. The van der Waals surface area contributed by atoms with Gasteiger partial charge in [0.1, 0.15) is 5.01 Å². The predicted octanol–water partition coefficient (Wildman–Crippen LogP) is 0.204. The Morgan fingerprint density at radius 3 is 3.12 bits per heavy atom. The Kier molecular flexibility index (Phi) is 3.19. The van der Waals surface area contributed by atoms with Gasteiger partial charge in [-0.2, -0.15) is 0 Å². The Morgan fingerprint density at radius 2 is 2.56 bits per heavy atom. The van der Waals surface area contributed by atoms with Gasteiger partial charge in [-0.25, -0.2) is 4.98 Å². The molecule has 16 heavy (non-hydrogen) atoms. The number of amides is 2. The zero-order chi connectivity index (χ0) is 11.5. The van der Waals surface area contributed by atoms with E-state index in [2.05, 4.69) is 15.6 Å². The Bertz CT molecular complexity index is 416. The van der Waals surface area contributed by atoms with E-state index < -0.39 is 0 Å². The van der Waals surface area contributed by atoms with Crippen LogP contribution in [0.25, 0.3) is 0 Å². The standard InChI is InChI=1S/C10H13N3O2S/c1-6-5-16-9(13-6)4-12-10(15)7-2-8(14)11-3-7/h5,7H,2-4H2,1H3,(H,11,14)(H,12,15). The molecule has 2 N–H and O–H groups in total. The van der Waals surface area contributed by atoms with Crippen molar-refractivity contribution in [1.82, 2.24) is 15.6 Å². The van der Waals surface area contributed by atoms with E-state index in [1.54, 1.807) is 0 Å². The molecule has 1 aliphatic rings. The zero-order valence-electron chi connectivity index (χ0n) is 8.95. The summed E-state index contributed by atoms with van der Waals surface area (Å²) in [6.45, 7) is 2.81. The zero-order valence-corrected chi connectivity index (χ0v) is 9.76. The Hall–Kier alpha value is -1.43. The van der Waals surface area contributed by atoms with Crippen LogP contribution in [-0.2, 0) is 16.1 Å². The second-order valence-electron chi connectivity index (χ2n) is 3.81. The van der Waals surface area contributed by atoms with Gasteiger partial charge in [0, 0.05) is 24.0 Å². The van der Waals surface area contributed by atoms with Crippen LogP contribution in [0.4, 0.5) is 0 Å². The minimum atomic E-state index is -0.228. The summed E-state index contributed by atoms with van der Waals surface area (Å²) in [7, 11) is 0. The van der Waals surface area contributed by atoms with Gasteiger partial charge in [0.2, 0.25) is 11.8 Å². The smallest absolute Gasteiger partial charge is 0.225 e. The number of aryl methyl sites for hydroxylation is 1. The second-order valence-corrected chi connectivity index (χ2v) is 4.75. The topological polar surface area (TPSA) is 71.1 Å². The minimum Gasteiger partial charge on any atom is -0.355 e. The van der Waals surface area contributed by atoms with Crippen LogP contribution in [-0.4, -0.2) is 23.3 Å². The lowest BCUT2D eigenvalue weighted by Gasteiger charge is -2.07. The van der Waals surface area contributed by atoms with E-state index in [1.807, 2.05) is 12.3 Å². The van der Waals surface area contributed by atoms with Crippen molar-refractivity contribution in [3.63, 3.8) is 0 Å². The number of nitrogens with zero attached hydrogens (tertiary/aromatic N) is 1. The summed E-state index contributed by atoms with van der Waals surface area (Å²) in [6.07, 6.45) is 0.294. The quantitative estimate of drug-likeness (QED) is 0.791. The fourth-order valence-corrected chi connectivity index (χ4v) is 2.29. The average molecular weight is 239 g/mol. The molecule has 0 spiro atoms. The molecule has 1 fully saturated rings. The van der Waals surface area contributed by atoms with E-state index in [0.717, 1.165) is 10.7 Å². The maximum Gasteiger partial charge on any atom is 0.225 e. The van der Waals surface area contributed by atoms with Crippen molar-refractivity contribution in [3.05, 3.63) is 16.1 Å². The Balaban J connectivity index is 1.82. The highest BCUT2D eigenvalue weighted by atomic mass is 32.1. The number of hydrogen-bond donors (Lipinski definition) is 2. The molecular weight excluding hydrogens is 226 g/mol. The predicted molar refractivity (Wildman–Crippen MR) is 59.8 cm³/mol. The number of aromatic nitrogens is 1. The van der Waals surface area contributed by atoms with Gasteiger partial charge >= 0.3 is 0 Å². The van der Waals surface area contributed by atoms with Gasteiger partial charge < -0.3 is 10.6 Å². The van der Waals surface area contributed by atoms with Crippen LogP contribution in [0, 0.1) is 12.8 Å². The molecule has 1 atom stereocenters. The number of rotatable bonds is 3. The summed E-state index contributed by atoms with van der Waals surface area (Å²) >= 11 is 1.53. The summed E-state index contributed by atoms with van der Waals surface area (Å²) in [4.78, 5) is 26.8. The van der Waals surface area contributed by atoms with E-state index in [0.29, 0.717) is 19.5 Å². The molecule has 2 rings (SSSR count). The van der Waals surface area contributed by atoms with E-state index in [4.69, 9.17) is 0 Å². The van der Waals surface area contributed by atoms with E-state index in [1.165, 1.54) is 11.3 Å². The summed E-state index contributed by atoms with van der Waals surface area (Å²) in [6, 6.07) is 0. The van der Waals surface area contributed by atoms with Gasteiger partial charge in [0.05, 0.1) is 12.5 Å². The van der Waals surface area contributed by atoms with Gasteiger partial charge in [-0.3, -0.25) is 9.59 Å². The number of hydrogen-bond acceptors (Lipinski definition) is 4. The van der Waals surface area contributed by atoms with Gasteiger partial charge in [-0.1, -0.05) is 0 Å². The highest BCUT2D eigenvalue weighted by Gasteiger charge is 2.27. The SMILES string of the molecule is Cc1csc(CNC(=O)C2CNC(=O)C2)n1. The Morgan fingerprint density at radius 1 is 1.75 bits per heavy atom. The molecule has 5 nitrogen and oxygen atoms in total. The normalized spacial score (nSPS) is 19.6. The molecule has 1 aromatic heterocycles. The number of thiazole rings is 1. The molecule has 0 aliphatic carbocycles. The van der Waals surface area contributed by atoms with E-state index >= 15 is 0 Å². The van der Waals surface area contributed by atoms with Crippen LogP contribution < -0.4 is 10.6 Å². The minimum absolute atomic E-state index is 0.0507. The third kappa shape index (κ3) is 2.57. The van der Waals surface area contributed by atoms with E-state index in [9.17, 15) is 9.59 Å². The third-order valence-corrected chi connectivity index (χ3v) is 3.40. The summed E-state index contributed by atoms with van der Waals surface area (Å²) in [5.41, 5.74) is 0.965. The van der Waals surface area contributed by atoms with Gasteiger partial charge in [-0.15, -0.1) is 11.3 Å². The lowest BCUT2D eigenvalue weighted by atomic mass is 10.1.